The van der Waals surface area contributed by atoms with Gasteiger partial charge in [0.1, 0.15) is 29.6 Å². The molecule has 1 aliphatic heterocycles. The Balaban J connectivity index is 1.14. The van der Waals surface area contributed by atoms with Gasteiger partial charge in [0.15, 0.2) is 0 Å². The molecule has 0 aliphatic carbocycles. The summed E-state index contributed by atoms with van der Waals surface area (Å²) < 4.78 is 15.4. The lowest BCUT2D eigenvalue weighted by molar-refractivity contribution is 0.0256. The number of aryl methyl sites for hydroxylation is 1. The van der Waals surface area contributed by atoms with Crippen molar-refractivity contribution in [3.63, 3.8) is 0 Å². The number of pyridine rings is 1. The zero-order chi connectivity index (χ0) is 24.3. The molecule has 9 nitrogen and oxygen atoms in total. The summed E-state index contributed by atoms with van der Waals surface area (Å²) in [4.78, 5) is 13.5. The summed E-state index contributed by atoms with van der Waals surface area (Å²) in [7, 11) is 1.92. The molecule has 1 fully saturated rings. The number of ether oxygens (including phenoxy) is 2. The molecule has 182 valence electrons. The Morgan fingerprint density at radius 1 is 1.00 bits per heavy atom. The van der Waals surface area contributed by atoms with Crippen molar-refractivity contribution in [2.45, 2.75) is 25.5 Å². The molecular formula is C27H27N7O2. The molecule has 1 aromatic carbocycles. The molecule has 36 heavy (non-hydrogen) atoms. The first-order valence-corrected chi connectivity index (χ1v) is 12.1. The molecule has 6 rings (SSSR count). The van der Waals surface area contributed by atoms with Gasteiger partial charge in [-0.2, -0.15) is 5.10 Å². The van der Waals surface area contributed by atoms with Crippen molar-refractivity contribution in [3.8, 4) is 28.3 Å². The Labute approximate surface area is 208 Å². The summed E-state index contributed by atoms with van der Waals surface area (Å²) >= 11 is 0. The number of hydrogen-bond acceptors (Lipinski definition) is 7. The standard InChI is InChI=1S/C27H27N7O2/c1-33-17-21(15-32-33)20-4-2-19(3-5-20)14-28-26-13-24(30-18-31-26)25-16-29-27-12-23(6-9-34(25)27)36-22-7-10-35-11-8-22/h2-6,9,12-13,15-18,22H,7-8,10-11,14H2,1H3,(H,28,30,31). The van der Waals surface area contributed by atoms with Gasteiger partial charge in [0.25, 0.3) is 0 Å². The van der Waals surface area contributed by atoms with Gasteiger partial charge < -0.3 is 14.8 Å². The van der Waals surface area contributed by atoms with E-state index in [1.165, 1.54) is 0 Å². The maximum Gasteiger partial charge on any atom is 0.140 e. The molecule has 1 N–H and O–H groups in total. The maximum atomic E-state index is 6.13. The summed E-state index contributed by atoms with van der Waals surface area (Å²) in [5.74, 6) is 1.58. The van der Waals surface area contributed by atoms with Gasteiger partial charge in [-0.15, -0.1) is 0 Å². The zero-order valence-corrected chi connectivity index (χ0v) is 20.0. The van der Waals surface area contributed by atoms with E-state index >= 15 is 0 Å². The van der Waals surface area contributed by atoms with Gasteiger partial charge in [-0.1, -0.05) is 24.3 Å². The highest BCUT2D eigenvalue weighted by molar-refractivity contribution is 5.64. The third kappa shape index (κ3) is 4.78. The summed E-state index contributed by atoms with van der Waals surface area (Å²) in [6.45, 7) is 2.16. The van der Waals surface area contributed by atoms with Crippen LogP contribution in [0.25, 0.3) is 28.2 Å². The van der Waals surface area contributed by atoms with E-state index < -0.39 is 0 Å². The molecule has 4 aromatic heterocycles. The van der Waals surface area contributed by atoms with Crippen LogP contribution in [0.5, 0.6) is 5.75 Å². The number of benzene rings is 1. The third-order valence-electron chi connectivity index (χ3n) is 6.35. The molecule has 0 radical (unpaired) electrons. The van der Waals surface area contributed by atoms with Crippen LogP contribution < -0.4 is 10.1 Å². The highest BCUT2D eigenvalue weighted by Crippen LogP contribution is 2.25. The van der Waals surface area contributed by atoms with Gasteiger partial charge in [-0.25, -0.2) is 15.0 Å². The molecule has 0 amide bonds. The fraction of sp³-hybridized carbons (Fsp3) is 0.259. The predicted molar refractivity (Wildman–Crippen MR) is 137 cm³/mol. The lowest BCUT2D eigenvalue weighted by Gasteiger charge is -2.23. The number of anilines is 1. The molecule has 0 saturated carbocycles. The van der Waals surface area contributed by atoms with E-state index in [0.717, 1.165) is 71.3 Å². The van der Waals surface area contributed by atoms with Crippen LogP contribution in [-0.2, 0) is 18.3 Å². The first kappa shape index (κ1) is 22.2. The van der Waals surface area contributed by atoms with Crippen molar-refractivity contribution in [2.75, 3.05) is 18.5 Å². The van der Waals surface area contributed by atoms with E-state index in [4.69, 9.17) is 9.47 Å². The average Bonchev–Trinajstić information content (AvgIpc) is 3.55. The molecule has 0 atom stereocenters. The minimum atomic E-state index is 0.192. The minimum absolute atomic E-state index is 0.192. The van der Waals surface area contributed by atoms with Crippen LogP contribution in [0.3, 0.4) is 0 Å². The number of nitrogens with zero attached hydrogens (tertiary/aromatic N) is 6. The molecule has 5 aromatic rings. The van der Waals surface area contributed by atoms with Crippen LogP contribution in [0.1, 0.15) is 18.4 Å². The predicted octanol–water partition coefficient (Wildman–Crippen LogP) is 4.36. The monoisotopic (exact) mass is 481 g/mol. The number of imidazole rings is 1. The lowest BCUT2D eigenvalue weighted by Crippen LogP contribution is -2.25. The smallest absolute Gasteiger partial charge is 0.140 e. The fourth-order valence-corrected chi connectivity index (χ4v) is 4.38. The number of aromatic nitrogens is 6. The molecule has 9 heteroatoms. The summed E-state index contributed by atoms with van der Waals surface area (Å²) in [5, 5.41) is 7.64. The van der Waals surface area contributed by atoms with Crippen LogP contribution in [0.15, 0.2) is 73.6 Å². The number of fused-ring (bicyclic) bond motifs is 1. The molecular weight excluding hydrogens is 454 g/mol. The first-order chi connectivity index (χ1) is 17.7. The maximum absolute atomic E-state index is 6.13. The summed E-state index contributed by atoms with van der Waals surface area (Å²) in [5.41, 5.74) is 5.92. The fourth-order valence-electron chi connectivity index (χ4n) is 4.38. The molecule has 0 spiro atoms. The van der Waals surface area contributed by atoms with E-state index in [2.05, 4.69) is 49.6 Å². The zero-order valence-electron chi connectivity index (χ0n) is 20.0. The SMILES string of the molecule is Cn1cc(-c2ccc(CNc3cc(-c4cnc5cc(OC6CCOCC6)ccn45)ncn3)cc2)cn1. The molecule has 0 bridgehead atoms. The van der Waals surface area contributed by atoms with E-state index in [9.17, 15) is 0 Å². The highest BCUT2D eigenvalue weighted by atomic mass is 16.5. The van der Waals surface area contributed by atoms with E-state index in [0.29, 0.717) is 6.54 Å². The van der Waals surface area contributed by atoms with Gasteiger partial charge in [0, 0.05) is 56.5 Å². The molecule has 1 aliphatic rings. The van der Waals surface area contributed by atoms with Crippen molar-refractivity contribution >= 4 is 11.5 Å². The second-order valence-electron chi connectivity index (χ2n) is 8.91. The van der Waals surface area contributed by atoms with Gasteiger partial charge >= 0.3 is 0 Å². The van der Waals surface area contributed by atoms with Crippen LogP contribution in [0, 0.1) is 0 Å². The molecule has 5 heterocycles. The second kappa shape index (κ2) is 9.79. The van der Waals surface area contributed by atoms with E-state index in [1.54, 1.807) is 11.0 Å². The normalized spacial score (nSPS) is 14.2. The quantitative estimate of drug-likeness (QED) is 0.369. The number of nitrogens with one attached hydrogen (secondary N) is 1. The molecule has 1 saturated heterocycles. The first-order valence-electron chi connectivity index (χ1n) is 12.1. The highest BCUT2D eigenvalue weighted by Gasteiger charge is 2.16. The topological polar surface area (TPSA) is 91.4 Å². The third-order valence-corrected chi connectivity index (χ3v) is 6.35. The summed E-state index contributed by atoms with van der Waals surface area (Å²) in [6.07, 6.45) is 11.3. The minimum Gasteiger partial charge on any atom is -0.490 e. The van der Waals surface area contributed by atoms with Crippen LogP contribution in [0.4, 0.5) is 5.82 Å². The van der Waals surface area contributed by atoms with Crippen LogP contribution in [0.2, 0.25) is 0 Å². The Hall–Kier alpha value is -4.24. The van der Waals surface area contributed by atoms with Crippen molar-refractivity contribution in [1.29, 1.82) is 0 Å². The van der Waals surface area contributed by atoms with Crippen molar-refractivity contribution < 1.29 is 9.47 Å². The Morgan fingerprint density at radius 3 is 2.67 bits per heavy atom. The second-order valence-corrected chi connectivity index (χ2v) is 8.91. The van der Waals surface area contributed by atoms with Crippen molar-refractivity contribution in [3.05, 3.63) is 79.1 Å². The van der Waals surface area contributed by atoms with E-state index in [1.807, 2.05) is 54.4 Å². The largest absolute Gasteiger partial charge is 0.490 e. The van der Waals surface area contributed by atoms with Gasteiger partial charge in [-0.05, 0) is 17.2 Å². The van der Waals surface area contributed by atoms with Crippen molar-refractivity contribution in [1.82, 2.24) is 29.1 Å². The lowest BCUT2D eigenvalue weighted by atomic mass is 10.1. The average molecular weight is 482 g/mol. The van der Waals surface area contributed by atoms with Crippen LogP contribution in [-0.4, -0.2) is 48.5 Å². The van der Waals surface area contributed by atoms with Gasteiger partial charge in [-0.3, -0.25) is 9.08 Å². The van der Waals surface area contributed by atoms with Gasteiger partial charge in [0.05, 0.1) is 37.0 Å². The van der Waals surface area contributed by atoms with Gasteiger partial charge in [0.2, 0.25) is 0 Å². The van der Waals surface area contributed by atoms with Crippen molar-refractivity contribution in [2.24, 2.45) is 7.05 Å². The Kier molecular flexibility index (Phi) is 6.05. The Morgan fingerprint density at radius 2 is 1.86 bits per heavy atom. The number of hydrogen-bond donors (Lipinski definition) is 1. The van der Waals surface area contributed by atoms with Crippen LogP contribution >= 0.6 is 0 Å². The number of rotatable bonds is 7. The summed E-state index contributed by atoms with van der Waals surface area (Å²) in [6, 6.07) is 14.3. The van der Waals surface area contributed by atoms with E-state index in [-0.39, 0.29) is 6.10 Å². The Bertz CT molecular complexity index is 1470. The molecule has 0 unspecified atom stereocenters.